The van der Waals surface area contributed by atoms with Crippen molar-refractivity contribution in [3.63, 3.8) is 0 Å². The van der Waals surface area contributed by atoms with Gasteiger partial charge in [0.05, 0.1) is 0 Å². The molecule has 0 fully saturated rings. The van der Waals surface area contributed by atoms with E-state index in [4.69, 9.17) is 0 Å². The Hall–Kier alpha value is -0.454. The van der Waals surface area contributed by atoms with Crippen LogP contribution in [-0.2, 0) is 6.42 Å². The van der Waals surface area contributed by atoms with Crippen LogP contribution in [0.15, 0.2) is 42.5 Å². The van der Waals surface area contributed by atoms with Gasteiger partial charge in [-0.2, -0.15) is 0 Å². The molecule has 0 radical (unpaired) electrons. The number of carbonyl (C=O) groups excluding carboxylic acids is 1. The summed E-state index contributed by atoms with van der Waals surface area (Å²) < 4.78 is 0. The summed E-state index contributed by atoms with van der Waals surface area (Å²) in [5.74, 6) is -0.308. The molecule has 0 bridgehead atoms. The Labute approximate surface area is 156 Å². The van der Waals surface area contributed by atoms with Crippen molar-refractivity contribution in [3.05, 3.63) is 53.6 Å². The number of Topliss-reactive ketones (excluding diaryl/α,β-unsaturated/α-hetero) is 1. The molecule has 0 aliphatic heterocycles. The van der Waals surface area contributed by atoms with Crippen molar-refractivity contribution in [2.45, 2.75) is 20.3 Å². The molecule has 0 N–H and O–H groups in total. The maximum atomic E-state index is 12.0. The van der Waals surface area contributed by atoms with Crippen LogP contribution < -0.4 is 56.5 Å². The van der Waals surface area contributed by atoms with Gasteiger partial charge in [0, 0.05) is 5.56 Å². The van der Waals surface area contributed by atoms with E-state index in [0.29, 0.717) is 12.0 Å². The second-order valence-electron chi connectivity index (χ2n) is 4.29. The zero-order valence-electron chi connectivity index (χ0n) is 11.6. The monoisotopic (exact) mass is 278 g/mol. The molecule has 2 rings (SSSR count). The van der Waals surface area contributed by atoms with Crippen molar-refractivity contribution in [2.75, 3.05) is 0 Å². The molecule has 0 aliphatic carbocycles. The predicted octanol–water partition coefficient (Wildman–Crippen LogP) is 0.196. The summed E-state index contributed by atoms with van der Waals surface area (Å²) in [5.41, 5.74) is 2.93. The minimum absolute atomic E-state index is 0. The SMILES string of the molecule is CCc1cc(-c2ccccc2)cc(C(C)=O)c1[O-].[K+]. The third-order valence-corrected chi connectivity index (χ3v) is 3.03. The van der Waals surface area contributed by atoms with Crippen molar-refractivity contribution < 1.29 is 61.3 Å². The third kappa shape index (κ3) is 3.77. The second-order valence-corrected chi connectivity index (χ2v) is 4.29. The Morgan fingerprint density at radius 1 is 1.11 bits per heavy atom. The van der Waals surface area contributed by atoms with Crippen molar-refractivity contribution in [3.8, 4) is 16.9 Å². The molecule has 0 aromatic heterocycles. The van der Waals surface area contributed by atoms with Crippen LogP contribution >= 0.6 is 0 Å². The average molecular weight is 278 g/mol. The third-order valence-electron chi connectivity index (χ3n) is 3.03. The first-order valence-corrected chi connectivity index (χ1v) is 6.03. The Morgan fingerprint density at radius 3 is 2.26 bits per heavy atom. The summed E-state index contributed by atoms with van der Waals surface area (Å²) in [5, 5.41) is 12.0. The molecule has 0 saturated carbocycles. The molecule has 3 heteroatoms. The Balaban J connectivity index is 0.00000180. The standard InChI is InChI=1S/C16H16O2.K/c1-3-12-9-14(13-7-5-4-6-8-13)10-15(11(2)17)16(12)18;/h4-10,18H,3H2,1-2H3;/q;+1/p-1. The number of carbonyl (C=O) groups is 1. The van der Waals surface area contributed by atoms with Gasteiger partial charge in [0.15, 0.2) is 5.78 Å². The molecule has 19 heavy (non-hydrogen) atoms. The van der Waals surface area contributed by atoms with E-state index in [1.54, 1.807) is 6.07 Å². The minimum Gasteiger partial charge on any atom is -0.872 e. The van der Waals surface area contributed by atoms with Crippen molar-refractivity contribution in [1.29, 1.82) is 0 Å². The van der Waals surface area contributed by atoms with Gasteiger partial charge in [-0.15, -0.1) is 0 Å². The summed E-state index contributed by atoms with van der Waals surface area (Å²) in [6.07, 6.45) is 0.639. The topological polar surface area (TPSA) is 40.1 Å². The molecule has 0 unspecified atom stereocenters. The van der Waals surface area contributed by atoms with E-state index in [9.17, 15) is 9.90 Å². The van der Waals surface area contributed by atoms with Crippen molar-refractivity contribution in [2.24, 2.45) is 0 Å². The molecular weight excluding hydrogens is 263 g/mol. The summed E-state index contributed by atoms with van der Waals surface area (Å²) in [7, 11) is 0. The normalized spacial score (nSPS) is 9.79. The number of rotatable bonds is 3. The number of ketones is 1. The molecule has 0 saturated heterocycles. The molecule has 0 spiro atoms. The van der Waals surface area contributed by atoms with Crippen LogP contribution in [0.4, 0.5) is 0 Å². The largest absolute Gasteiger partial charge is 1.00 e. The number of hydrogen-bond donors (Lipinski definition) is 0. The van der Waals surface area contributed by atoms with Crippen LogP contribution in [0, 0.1) is 0 Å². The van der Waals surface area contributed by atoms with Crippen molar-refractivity contribution in [1.82, 2.24) is 0 Å². The molecule has 2 aromatic carbocycles. The Bertz CT molecular complexity index is 577. The van der Waals surface area contributed by atoms with Crippen molar-refractivity contribution >= 4 is 5.78 Å². The van der Waals surface area contributed by atoms with Gasteiger partial charge >= 0.3 is 51.4 Å². The molecule has 0 atom stereocenters. The van der Waals surface area contributed by atoms with E-state index in [-0.39, 0.29) is 68.5 Å². The summed E-state index contributed by atoms with van der Waals surface area (Å²) in [6, 6.07) is 13.4. The van der Waals surface area contributed by atoms with Gasteiger partial charge in [-0.1, -0.05) is 54.6 Å². The van der Waals surface area contributed by atoms with Crippen LogP contribution in [0.1, 0.15) is 29.8 Å². The number of aryl methyl sites for hydroxylation is 1. The van der Waals surface area contributed by atoms with E-state index in [1.165, 1.54) is 6.92 Å². The van der Waals surface area contributed by atoms with E-state index in [2.05, 4.69) is 0 Å². The fraction of sp³-hybridized carbons (Fsp3) is 0.188. The van der Waals surface area contributed by atoms with Gasteiger partial charge < -0.3 is 5.11 Å². The minimum atomic E-state index is -0.174. The molecule has 2 nitrogen and oxygen atoms in total. The summed E-state index contributed by atoms with van der Waals surface area (Å²) in [4.78, 5) is 11.5. The van der Waals surface area contributed by atoms with Gasteiger partial charge in [0.2, 0.25) is 0 Å². The maximum absolute atomic E-state index is 12.0. The van der Waals surface area contributed by atoms with Crippen LogP contribution in [0.3, 0.4) is 0 Å². The van der Waals surface area contributed by atoms with Crippen LogP contribution in [0.2, 0.25) is 0 Å². The number of hydrogen-bond acceptors (Lipinski definition) is 2. The molecule has 2 aromatic rings. The smallest absolute Gasteiger partial charge is 0.872 e. The number of benzene rings is 2. The van der Waals surface area contributed by atoms with E-state index in [0.717, 1.165) is 11.1 Å². The first-order valence-electron chi connectivity index (χ1n) is 6.03. The first kappa shape index (κ1) is 16.6. The van der Waals surface area contributed by atoms with Crippen LogP contribution in [0.25, 0.3) is 11.1 Å². The molecule has 92 valence electrons. The van der Waals surface area contributed by atoms with Gasteiger partial charge in [-0.05, 0) is 30.5 Å². The molecule has 0 heterocycles. The fourth-order valence-electron chi connectivity index (χ4n) is 2.01. The zero-order chi connectivity index (χ0) is 13.1. The van der Waals surface area contributed by atoms with Gasteiger partial charge in [0.1, 0.15) is 0 Å². The van der Waals surface area contributed by atoms with Crippen LogP contribution in [0.5, 0.6) is 5.75 Å². The second kappa shape index (κ2) is 7.36. The van der Waals surface area contributed by atoms with Crippen LogP contribution in [-0.4, -0.2) is 5.78 Å². The van der Waals surface area contributed by atoms with E-state index >= 15 is 0 Å². The zero-order valence-corrected chi connectivity index (χ0v) is 14.7. The molecular formula is C16H15KO2. The van der Waals surface area contributed by atoms with E-state index < -0.39 is 0 Å². The quantitative estimate of drug-likeness (QED) is 0.594. The summed E-state index contributed by atoms with van der Waals surface area (Å²) in [6.45, 7) is 3.36. The molecule has 0 aliphatic rings. The molecule has 0 amide bonds. The summed E-state index contributed by atoms with van der Waals surface area (Å²) >= 11 is 0. The Kier molecular flexibility index (Phi) is 6.43. The average Bonchev–Trinajstić information content (AvgIpc) is 2.39. The maximum Gasteiger partial charge on any atom is 1.00 e. The van der Waals surface area contributed by atoms with Gasteiger partial charge in [0.25, 0.3) is 0 Å². The fourth-order valence-corrected chi connectivity index (χ4v) is 2.01. The van der Waals surface area contributed by atoms with Gasteiger partial charge in [-0.3, -0.25) is 4.79 Å². The first-order chi connectivity index (χ1) is 8.63. The Morgan fingerprint density at radius 2 is 1.74 bits per heavy atom. The van der Waals surface area contributed by atoms with E-state index in [1.807, 2.05) is 43.3 Å². The predicted molar refractivity (Wildman–Crippen MR) is 70.7 cm³/mol. The van der Waals surface area contributed by atoms with Gasteiger partial charge in [-0.25, -0.2) is 0 Å².